The summed E-state index contributed by atoms with van der Waals surface area (Å²) in [6.07, 6.45) is 2.17. The maximum absolute atomic E-state index is 4.54. The first-order valence-electron chi connectivity index (χ1n) is 7.47. The molecule has 3 aromatic rings. The van der Waals surface area contributed by atoms with Gasteiger partial charge in [-0.3, -0.25) is 4.68 Å². The van der Waals surface area contributed by atoms with Gasteiger partial charge in [-0.15, -0.1) is 0 Å². The van der Waals surface area contributed by atoms with E-state index >= 15 is 0 Å². The summed E-state index contributed by atoms with van der Waals surface area (Å²) >= 11 is 0. The minimum atomic E-state index is 0.860. The highest BCUT2D eigenvalue weighted by Crippen LogP contribution is 2.21. The Morgan fingerprint density at radius 3 is 2.86 bits per heavy atom. The molecule has 0 aliphatic rings. The molecule has 0 aliphatic carbocycles. The van der Waals surface area contributed by atoms with Crippen molar-refractivity contribution in [1.29, 1.82) is 0 Å². The monoisotopic (exact) mass is 282 g/mol. The summed E-state index contributed by atoms with van der Waals surface area (Å²) in [7, 11) is 1.99. The third-order valence-corrected chi connectivity index (χ3v) is 3.86. The van der Waals surface area contributed by atoms with E-state index in [1.165, 1.54) is 22.2 Å². The molecular formula is C17H22N4. The number of aryl methyl sites for hydroxylation is 2. The molecule has 4 heteroatoms. The minimum absolute atomic E-state index is 0.860. The van der Waals surface area contributed by atoms with E-state index in [1.807, 2.05) is 7.05 Å². The van der Waals surface area contributed by atoms with Gasteiger partial charge in [0.2, 0.25) is 0 Å². The highest BCUT2D eigenvalue weighted by Gasteiger charge is 2.09. The van der Waals surface area contributed by atoms with Gasteiger partial charge in [0.05, 0.1) is 23.4 Å². The summed E-state index contributed by atoms with van der Waals surface area (Å²) in [5.74, 6) is 0. The number of rotatable bonds is 5. The van der Waals surface area contributed by atoms with Crippen LogP contribution < -0.4 is 5.32 Å². The Kier molecular flexibility index (Phi) is 3.80. The van der Waals surface area contributed by atoms with Gasteiger partial charge >= 0.3 is 0 Å². The first-order valence-corrected chi connectivity index (χ1v) is 7.47. The van der Waals surface area contributed by atoms with Gasteiger partial charge in [0.15, 0.2) is 0 Å². The van der Waals surface area contributed by atoms with Crippen LogP contribution in [0, 0.1) is 6.92 Å². The molecule has 0 fully saturated rings. The molecule has 0 spiro atoms. The second kappa shape index (κ2) is 5.74. The van der Waals surface area contributed by atoms with Crippen LogP contribution in [0.4, 0.5) is 0 Å². The topological polar surface area (TPSA) is 34.8 Å². The van der Waals surface area contributed by atoms with E-state index in [0.29, 0.717) is 0 Å². The molecule has 0 radical (unpaired) electrons. The summed E-state index contributed by atoms with van der Waals surface area (Å²) in [6.45, 7) is 6.84. The van der Waals surface area contributed by atoms with Crippen LogP contribution in [0.1, 0.15) is 23.9 Å². The molecule has 1 N–H and O–H groups in total. The highest BCUT2D eigenvalue weighted by molar-refractivity contribution is 5.83. The lowest BCUT2D eigenvalue weighted by Crippen LogP contribution is -2.10. The molecule has 0 bridgehead atoms. The third-order valence-electron chi connectivity index (χ3n) is 3.86. The molecule has 0 saturated carbocycles. The highest BCUT2D eigenvalue weighted by atomic mass is 15.3. The summed E-state index contributed by atoms with van der Waals surface area (Å²) in [5.41, 5.74) is 4.98. The number of fused-ring (bicyclic) bond motifs is 1. The number of nitrogens with one attached hydrogen (secondary N) is 1. The van der Waals surface area contributed by atoms with Crippen LogP contribution in [-0.2, 0) is 19.6 Å². The van der Waals surface area contributed by atoms with Crippen molar-refractivity contribution < 1.29 is 0 Å². The van der Waals surface area contributed by atoms with Gasteiger partial charge in [-0.1, -0.05) is 18.2 Å². The third kappa shape index (κ3) is 2.59. The average Bonchev–Trinajstić information content (AvgIpc) is 3.04. The minimum Gasteiger partial charge on any atom is -0.341 e. The van der Waals surface area contributed by atoms with Crippen LogP contribution in [0.15, 0.2) is 36.5 Å². The standard InChI is InChI=1S/C17H22N4/c1-4-21-16(10-13(2)19-21)12-20-9-8-14-6-5-7-15(11-18-3)17(14)20/h5-10,18H,4,11-12H2,1-3H3. The number of aromatic nitrogens is 3. The van der Waals surface area contributed by atoms with Crippen molar-refractivity contribution in [2.75, 3.05) is 7.05 Å². The number of benzene rings is 1. The molecule has 0 amide bonds. The van der Waals surface area contributed by atoms with Gasteiger partial charge in [0, 0.05) is 19.3 Å². The van der Waals surface area contributed by atoms with Crippen LogP contribution in [-0.4, -0.2) is 21.4 Å². The Morgan fingerprint density at radius 2 is 2.10 bits per heavy atom. The average molecular weight is 282 g/mol. The lowest BCUT2D eigenvalue weighted by molar-refractivity contribution is 0.601. The molecule has 110 valence electrons. The smallest absolute Gasteiger partial charge is 0.0645 e. The number of para-hydroxylation sites is 1. The van der Waals surface area contributed by atoms with Crippen LogP contribution in [0.5, 0.6) is 0 Å². The van der Waals surface area contributed by atoms with Crippen LogP contribution in [0.2, 0.25) is 0 Å². The summed E-state index contributed by atoms with van der Waals surface area (Å²) < 4.78 is 4.41. The Labute approximate surface area is 125 Å². The lowest BCUT2D eigenvalue weighted by Gasteiger charge is -2.11. The van der Waals surface area contributed by atoms with E-state index in [1.54, 1.807) is 0 Å². The van der Waals surface area contributed by atoms with Crippen molar-refractivity contribution in [3.8, 4) is 0 Å². The molecule has 2 heterocycles. The van der Waals surface area contributed by atoms with E-state index < -0.39 is 0 Å². The van der Waals surface area contributed by atoms with Gasteiger partial charge in [0.25, 0.3) is 0 Å². The van der Waals surface area contributed by atoms with E-state index in [0.717, 1.165) is 25.3 Å². The fraction of sp³-hybridized carbons (Fsp3) is 0.353. The van der Waals surface area contributed by atoms with Crippen LogP contribution >= 0.6 is 0 Å². The van der Waals surface area contributed by atoms with Crippen molar-refractivity contribution in [2.45, 2.75) is 33.5 Å². The number of hydrogen-bond donors (Lipinski definition) is 1. The van der Waals surface area contributed by atoms with Gasteiger partial charge in [0.1, 0.15) is 0 Å². The number of nitrogens with zero attached hydrogens (tertiary/aromatic N) is 3. The first kappa shape index (κ1) is 13.9. The van der Waals surface area contributed by atoms with Crippen molar-refractivity contribution >= 4 is 10.9 Å². The second-order valence-corrected chi connectivity index (χ2v) is 5.42. The van der Waals surface area contributed by atoms with Gasteiger partial charge in [-0.2, -0.15) is 5.10 Å². The van der Waals surface area contributed by atoms with E-state index in [4.69, 9.17) is 0 Å². The zero-order valence-electron chi connectivity index (χ0n) is 12.9. The van der Waals surface area contributed by atoms with E-state index in [-0.39, 0.29) is 0 Å². The van der Waals surface area contributed by atoms with Crippen LogP contribution in [0.25, 0.3) is 10.9 Å². The fourth-order valence-corrected chi connectivity index (χ4v) is 2.98. The van der Waals surface area contributed by atoms with Crippen molar-refractivity contribution in [1.82, 2.24) is 19.7 Å². The zero-order chi connectivity index (χ0) is 14.8. The zero-order valence-corrected chi connectivity index (χ0v) is 12.9. The second-order valence-electron chi connectivity index (χ2n) is 5.42. The molecule has 0 saturated heterocycles. The Balaban J connectivity index is 2.04. The Hall–Kier alpha value is -2.07. The predicted octanol–water partition coefficient (Wildman–Crippen LogP) is 2.93. The maximum Gasteiger partial charge on any atom is 0.0645 e. The molecular weight excluding hydrogens is 260 g/mol. The summed E-state index contributed by atoms with van der Waals surface area (Å²) in [6, 6.07) is 10.9. The molecule has 4 nitrogen and oxygen atoms in total. The SMILES string of the molecule is CCn1nc(C)cc1Cn1ccc2cccc(CNC)c21. The Bertz CT molecular complexity index is 751. The van der Waals surface area contributed by atoms with Gasteiger partial charge < -0.3 is 9.88 Å². The molecule has 0 aliphatic heterocycles. The molecule has 1 aromatic carbocycles. The quantitative estimate of drug-likeness (QED) is 0.781. The lowest BCUT2D eigenvalue weighted by atomic mass is 10.1. The molecule has 2 aromatic heterocycles. The van der Waals surface area contributed by atoms with Gasteiger partial charge in [-0.05, 0) is 44.0 Å². The number of hydrogen-bond acceptors (Lipinski definition) is 2. The van der Waals surface area contributed by atoms with Crippen molar-refractivity contribution in [2.24, 2.45) is 0 Å². The molecule has 0 atom stereocenters. The van der Waals surface area contributed by atoms with Crippen LogP contribution in [0.3, 0.4) is 0 Å². The van der Waals surface area contributed by atoms with Crippen molar-refractivity contribution in [3.63, 3.8) is 0 Å². The Morgan fingerprint density at radius 1 is 1.24 bits per heavy atom. The normalized spacial score (nSPS) is 11.4. The fourth-order valence-electron chi connectivity index (χ4n) is 2.98. The largest absolute Gasteiger partial charge is 0.341 e. The maximum atomic E-state index is 4.54. The molecule has 0 unspecified atom stereocenters. The van der Waals surface area contributed by atoms with Gasteiger partial charge in [-0.25, -0.2) is 0 Å². The predicted molar refractivity (Wildman–Crippen MR) is 86.4 cm³/mol. The van der Waals surface area contributed by atoms with E-state index in [9.17, 15) is 0 Å². The molecule has 3 rings (SSSR count). The molecule has 21 heavy (non-hydrogen) atoms. The van der Waals surface area contributed by atoms with E-state index in [2.05, 4.69) is 70.0 Å². The summed E-state index contributed by atoms with van der Waals surface area (Å²) in [5, 5.41) is 9.09. The summed E-state index contributed by atoms with van der Waals surface area (Å²) in [4.78, 5) is 0. The first-order chi connectivity index (χ1) is 10.2. The van der Waals surface area contributed by atoms with Crippen molar-refractivity contribution in [3.05, 3.63) is 53.5 Å².